The number of nitrogens with zero attached hydrogens (tertiary/aromatic N) is 1. The van der Waals surface area contributed by atoms with Crippen molar-refractivity contribution in [1.82, 2.24) is 4.90 Å². The quantitative estimate of drug-likeness (QED) is 0.717. The maximum atomic E-state index is 6.09. The molecule has 0 aromatic carbocycles. The normalized spacial score (nSPS) is 32.3. The lowest BCUT2D eigenvalue weighted by Crippen LogP contribution is -2.31. The molecule has 0 aromatic rings. The van der Waals surface area contributed by atoms with Crippen molar-refractivity contribution in [3.63, 3.8) is 0 Å². The Morgan fingerprint density at radius 1 is 1.46 bits per heavy atom. The first-order chi connectivity index (χ1) is 6.23. The molecule has 13 heavy (non-hydrogen) atoms. The summed E-state index contributed by atoms with van der Waals surface area (Å²) in [4.78, 5) is 2.62. The highest BCUT2D eigenvalue weighted by atomic mass is 15.2. The summed E-state index contributed by atoms with van der Waals surface area (Å²) >= 11 is 0. The fourth-order valence-corrected chi connectivity index (χ4v) is 2.50. The van der Waals surface area contributed by atoms with Gasteiger partial charge >= 0.3 is 0 Å². The summed E-state index contributed by atoms with van der Waals surface area (Å²) in [6.45, 7) is 4.81. The smallest absolute Gasteiger partial charge is 0.0156 e. The minimum absolute atomic E-state index is 0.266. The molecule has 0 aromatic heterocycles. The molecular weight excluding hydrogens is 160 g/mol. The predicted molar refractivity (Wildman–Crippen MR) is 55.7 cm³/mol. The van der Waals surface area contributed by atoms with E-state index in [1.54, 1.807) is 0 Å². The molecular formula is C11H22N2. The molecule has 1 heterocycles. The zero-order valence-electron chi connectivity index (χ0n) is 8.76. The first-order valence-electron chi connectivity index (χ1n) is 5.76. The van der Waals surface area contributed by atoms with Gasteiger partial charge in [-0.1, -0.05) is 6.92 Å². The minimum atomic E-state index is 0.266. The van der Waals surface area contributed by atoms with Gasteiger partial charge in [0.2, 0.25) is 0 Å². The van der Waals surface area contributed by atoms with Gasteiger partial charge in [-0.05, 0) is 51.6 Å². The molecule has 0 amide bonds. The van der Waals surface area contributed by atoms with Crippen LogP contribution in [0.5, 0.6) is 0 Å². The van der Waals surface area contributed by atoms with Crippen molar-refractivity contribution < 1.29 is 0 Å². The highest BCUT2D eigenvalue weighted by molar-refractivity contribution is 4.99. The van der Waals surface area contributed by atoms with Crippen LogP contribution in [0.2, 0.25) is 0 Å². The third kappa shape index (κ3) is 2.23. The van der Waals surface area contributed by atoms with Crippen molar-refractivity contribution in [2.45, 2.75) is 57.0 Å². The van der Waals surface area contributed by atoms with Crippen LogP contribution in [0.3, 0.4) is 0 Å². The summed E-state index contributed by atoms with van der Waals surface area (Å²) in [5.74, 6) is 0. The molecule has 2 heteroatoms. The van der Waals surface area contributed by atoms with Crippen LogP contribution in [-0.4, -0.2) is 29.6 Å². The van der Waals surface area contributed by atoms with Crippen LogP contribution in [0.4, 0.5) is 0 Å². The Hall–Kier alpha value is -0.0800. The summed E-state index contributed by atoms with van der Waals surface area (Å²) in [5.41, 5.74) is 6.36. The fourth-order valence-electron chi connectivity index (χ4n) is 2.50. The standard InChI is InChI=1S/C11H22N2/c1-2-13-9-3-4-10(13)5-6-11(12)7-8-11/h10H,2-9,12H2,1H3. The van der Waals surface area contributed by atoms with Gasteiger partial charge in [0.15, 0.2) is 0 Å². The van der Waals surface area contributed by atoms with E-state index in [0.29, 0.717) is 0 Å². The molecule has 2 aliphatic rings. The highest BCUT2D eigenvalue weighted by Crippen LogP contribution is 2.38. The summed E-state index contributed by atoms with van der Waals surface area (Å²) < 4.78 is 0. The lowest BCUT2D eigenvalue weighted by atomic mass is 10.0. The summed E-state index contributed by atoms with van der Waals surface area (Å²) in [6.07, 6.45) is 7.94. The van der Waals surface area contributed by atoms with E-state index >= 15 is 0 Å². The van der Waals surface area contributed by atoms with Crippen molar-refractivity contribution in [2.24, 2.45) is 5.73 Å². The second-order valence-electron chi connectivity index (χ2n) is 4.83. The molecule has 1 aliphatic carbocycles. The van der Waals surface area contributed by atoms with Crippen molar-refractivity contribution in [1.29, 1.82) is 0 Å². The highest BCUT2D eigenvalue weighted by Gasteiger charge is 2.38. The van der Waals surface area contributed by atoms with Gasteiger partial charge in [-0.15, -0.1) is 0 Å². The van der Waals surface area contributed by atoms with Crippen molar-refractivity contribution in [2.75, 3.05) is 13.1 Å². The van der Waals surface area contributed by atoms with Crippen molar-refractivity contribution in [3.05, 3.63) is 0 Å². The third-order valence-electron chi connectivity index (χ3n) is 3.77. The lowest BCUT2D eigenvalue weighted by molar-refractivity contribution is 0.246. The Labute approximate surface area is 81.5 Å². The molecule has 2 rings (SSSR count). The molecule has 0 spiro atoms. The number of hydrogen-bond acceptors (Lipinski definition) is 2. The van der Waals surface area contributed by atoms with Gasteiger partial charge in [0.1, 0.15) is 0 Å². The van der Waals surface area contributed by atoms with Gasteiger partial charge in [0, 0.05) is 11.6 Å². The van der Waals surface area contributed by atoms with Crippen molar-refractivity contribution in [3.8, 4) is 0 Å². The van der Waals surface area contributed by atoms with Crippen LogP contribution in [0.1, 0.15) is 45.4 Å². The van der Waals surface area contributed by atoms with Crippen LogP contribution in [0.25, 0.3) is 0 Å². The molecule has 1 aliphatic heterocycles. The molecule has 2 N–H and O–H groups in total. The Morgan fingerprint density at radius 2 is 2.23 bits per heavy atom. The third-order valence-corrected chi connectivity index (χ3v) is 3.77. The Balaban J connectivity index is 1.73. The molecule has 1 saturated heterocycles. The van der Waals surface area contributed by atoms with Gasteiger partial charge in [0.25, 0.3) is 0 Å². The second kappa shape index (κ2) is 3.58. The molecule has 76 valence electrons. The van der Waals surface area contributed by atoms with E-state index in [2.05, 4.69) is 11.8 Å². The zero-order chi connectivity index (χ0) is 9.31. The molecule has 2 fully saturated rings. The Bertz CT molecular complexity index is 175. The van der Waals surface area contributed by atoms with Crippen LogP contribution in [-0.2, 0) is 0 Å². The summed E-state index contributed by atoms with van der Waals surface area (Å²) in [5, 5.41) is 0. The summed E-state index contributed by atoms with van der Waals surface area (Å²) in [6, 6.07) is 0.853. The average molecular weight is 182 g/mol. The number of rotatable bonds is 4. The number of hydrogen-bond donors (Lipinski definition) is 1. The van der Waals surface area contributed by atoms with E-state index in [0.717, 1.165) is 6.04 Å². The van der Waals surface area contributed by atoms with Crippen LogP contribution in [0, 0.1) is 0 Å². The average Bonchev–Trinajstić information content (AvgIpc) is 2.69. The molecule has 1 unspecified atom stereocenters. The van der Waals surface area contributed by atoms with E-state index in [4.69, 9.17) is 5.73 Å². The maximum Gasteiger partial charge on any atom is 0.0156 e. The van der Waals surface area contributed by atoms with E-state index in [-0.39, 0.29) is 5.54 Å². The lowest BCUT2D eigenvalue weighted by Gasteiger charge is -2.23. The maximum absolute atomic E-state index is 6.09. The monoisotopic (exact) mass is 182 g/mol. The molecule has 0 bridgehead atoms. The van der Waals surface area contributed by atoms with Crippen molar-refractivity contribution >= 4 is 0 Å². The van der Waals surface area contributed by atoms with Gasteiger partial charge < -0.3 is 10.6 Å². The first kappa shape index (κ1) is 9.47. The van der Waals surface area contributed by atoms with Crippen LogP contribution < -0.4 is 5.73 Å². The molecule has 0 radical (unpaired) electrons. The molecule has 1 saturated carbocycles. The van der Waals surface area contributed by atoms with Gasteiger partial charge in [-0.2, -0.15) is 0 Å². The van der Waals surface area contributed by atoms with Crippen LogP contribution >= 0.6 is 0 Å². The first-order valence-corrected chi connectivity index (χ1v) is 5.76. The van der Waals surface area contributed by atoms with Crippen LogP contribution in [0.15, 0.2) is 0 Å². The Morgan fingerprint density at radius 3 is 2.85 bits per heavy atom. The second-order valence-corrected chi connectivity index (χ2v) is 4.83. The van der Waals surface area contributed by atoms with Gasteiger partial charge in [-0.25, -0.2) is 0 Å². The number of likely N-dealkylation sites (tertiary alicyclic amines) is 1. The minimum Gasteiger partial charge on any atom is -0.325 e. The molecule has 2 nitrogen and oxygen atoms in total. The predicted octanol–water partition coefficient (Wildman–Crippen LogP) is 1.74. The van der Waals surface area contributed by atoms with Gasteiger partial charge in [-0.3, -0.25) is 0 Å². The Kier molecular flexibility index (Phi) is 2.61. The van der Waals surface area contributed by atoms with E-state index in [1.165, 1.54) is 51.6 Å². The largest absolute Gasteiger partial charge is 0.325 e. The van der Waals surface area contributed by atoms with E-state index in [9.17, 15) is 0 Å². The van der Waals surface area contributed by atoms with Gasteiger partial charge in [0.05, 0.1) is 0 Å². The topological polar surface area (TPSA) is 29.3 Å². The van der Waals surface area contributed by atoms with E-state index < -0.39 is 0 Å². The summed E-state index contributed by atoms with van der Waals surface area (Å²) in [7, 11) is 0. The fraction of sp³-hybridized carbons (Fsp3) is 1.00. The molecule has 1 atom stereocenters. The zero-order valence-corrected chi connectivity index (χ0v) is 8.76. The number of nitrogens with two attached hydrogens (primary N) is 1. The SMILES string of the molecule is CCN1CCCC1CCC1(N)CC1. The van der Waals surface area contributed by atoms with E-state index in [1.807, 2.05) is 0 Å².